The summed E-state index contributed by atoms with van der Waals surface area (Å²) >= 11 is 12.1. The molecule has 0 aliphatic heterocycles. The molecule has 0 unspecified atom stereocenters. The van der Waals surface area contributed by atoms with Crippen LogP contribution in [0.3, 0.4) is 0 Å². The summed E-state index contributed by atoms with van der Waals surface area (Å²) in [7, 11) is 0. The van der Waals surface area contributed by atoms with Gasteiger partial charge in [0.15, 0.2) is 0 Å². The molecule has 0 heterocycles. The minimum Gasteiger partial charge on any atom is -0.478 e. The highest BCUT2D eigenvalue weighted by molar-refractivity contribution is 6.42. The van der Waals surface area contributed by atoms with Gasteiger partial charge in [-0.05, 0) is 46.5 Å². The summed E-state index contributed by atoms with van der Waals surface area (Å²) in [6.07, 6.45) is 3.94. The molecule has 0 atom stereocenters. The SMILES string of the molecule is O=C(O)c1ccc(/C=C/c2ccccc2-c2ccc(Cl)c(Cl)c2)cc1. The highest BCUT2D eigenvalue weighted by atomic mass is 35.5. The lowest BCUT2D eigenvalue weighted by atomic mass is 9.99. The Morgan fingerprint density at radius 1 is 0.840 bits per heavy atom. The van der Waals surface area contributed by atoms with Gasteiger partial charge >= 0.3 is 5.97 Å². The Balaban J connectivity index is 1.93. The number of carboxylic acid groups (broad SMARTS) is 1. The Morgan fingerprint density at radius 2 is 1.56 bits per heavy atom. The van der Waals surface area contributed by atoms with Gasteiger partial charge in [0.05, 0.1) is 15.6 Å². The average molecular weight is 369 g/mol. The Hall–Kier alpha value is -2.55. The van der Waals surface area contributed by atoms with Crippen molar-refractivity contribution in [2.45, 2.75) is 0 Å². The molecule has 0 saturated carbocycles. The van der Waals surface area contributed by atoms with Crippen molar-refractivity contribution in [3.8, 4) is 11.1 Å². The molecule has 0 aliphatic carbocycles. The predicted octanol–water partition coefficient (Wildman–Crippen LogP) is 6.53. The first-order chi connectivity index (χ1) is 12.0. The van der Waals surface area contributed by atoms with E-state index >= 15 is 0 Å². The minimum absolute atomic E-state index is 0.272. The lowest BCUT2D eigenvalue weighted by Gasteiger charge is -2.08. The molecule has 1 N–H and O–H groups in total. The first-order valence-electron chi connectivity index (χ1n) is 7.60. The van der Waals surface area contributed by atoms with Crippen molar-refractivity contribution in [1.29, 1.82) is 0 Å². The maximum absolute atomic E-state index is 10.9. The number of benzene rings is 3. The van der Waals surface area contributed by atoms with Gasteiger partial charge in [0.1, 0.15) is 0 Å². The fraction of sp³-hybridized carbons (Fsp3) is 0. The Bertz CT molecular complexity index is 944. The summed E-state index contributed by atoms with van der Waals surface area (Å²) in [6.45, 7) is 0. The quantitative estimate of drug-likeness (QED) is 0.531. The van der Waals surface area contributed by atoms with Crippen LogP contribution in [0.15, 0.2) is 66.7 Å². The van der Waals surface area contributed by atoms with Crippen molar-refractivity contribution >= 4 is 41.3 Å². The molecule has 0 spiro atoms. The van der Waals surface area contributed by atoms with Gasteiger partial charge in [-0.3, -0.25) is 0 Å². The van der Waals surface area contributed by atoms with Crippen LogP contribution >= 0.6 is 23.2 Å². The van der Waals surface area contributed by atoms with Crippen LogP contribution < -0.4 is 0 Å². The zero-order chi connectivity index (χ0) is 17.8. The van der Waals surface area contributed by atoms with E-state index in [0.29, 0.717) is 10.0 Å². The first-order valence-corrected chi connectivity index (χ1v) is 8.36. The van der Waals surface area contributed by atoms with Crippen LogP contribution in [-0.2, 0) is 0 Å². The molecule has 0 amide bonds. The molecule has 3 aromatic carbocycles. The molecule has 25 heavy (non-hydrogen) atoms. The summed E-state index contributed by atoms with van der Waals surface area (Å²) in [5.41, 5.74) is 4.25. The van der Waals surface area contributed by atoms with Gasteiger partial charge in [-0.15, -0.1) is 0 Å². The molecule has 2 nitrogen and oxygen atoms in total. The van der Waals surface area contributed by atoms with E-state index in [1.807, 2.05) is 48.6 Å². The van der Waals surface area contributed by atoms with E-state index in [9.17, 15) is 4.79 Å². The summed E-state index contributed by atoms with van der Waals surface area (Å²) in [6, 6.07) is 20.3. The number of hydrogen-bond acceptors (Lipinski definition) is 1. The van der Waals surface area contributed by atoms with Gasteiger partial charge in [-0.25, -0.2) is 4.79 Å². The van der Waals surface area contributed by atoms with E-state index in [4.69, 9.17) is 28.3 Å². The Morgan fingerprint density at radius 3 is 2.24 bits per heavy atom. The van der Waals surface area contributed by atoms with Gasteiger partial charge in [-0.2, -0.15) is 0 Å². The Kier molecular flexibility index (Phi) is 5.22. The van der Waals surface area contributed by atoms with Crippen LogP contribution in [0.2, 0.25) is 10.0 Å². The summed E-state index contributed by atoms with van der Waals surface area (Å²) < 4.78 is 0. The van der Waals surface area contributed by atoms with Crippen molar-refractivity contribution in [2.24, 2.45) is 0 Å². The molecule has 3 aromatic rings. The minimum atomic E-state index is -0.930. The molecule has 0 saturated heterocycles. The molecule has 124 valence electrons. The number of carbonyl (C=O) groups is 1. The molecular formula is C21H14Cl2O2. The largest absolute Gasteiger partial charge is 0.478 e. The third-order valence-electron chi connectivity index (χ3n) is 3.80. The second-order valence-electron chi connectivity index (χ2n) is 5.48. The zero-order valence-electron chi connectivity index (χ0n) is 13.1. The number of halogens is 2. The highest BCUT2D eigenvalue weighted by Gasteiger charge is 2.05. The second kappa shape index (κ2) is 7.56. The maximum Gasteiger partial charge on any atom is 0.335 e. The normalized spacial score (nSPS) is 11.0. The molecule has 0 radical (unpaired) electrons. The van der Waals surface area contributed by atoms with E-state index in [1.54, 1.807) is 30.3 Å². The topological polar surface area (TPSA) is 37.3 Å². The van der Waals surface area contributed by atoms with Crippen LogP contribution in [-0.4, -0.2) is 11.1 Å². The van der Waals surface area contributed by atoms with E-state index in [0.717, 1.165) is 22.3 Å². The molecule has 4 heteroatoms. The number of rotatable bonds is 4. The Labute approximate surface area is 156 Å². The molecule has 0 aliphatic rings. The number of aromatic carboxylic acids is 1. The lowest BCUT2D eigenvalue weighted by Crippen LogP contribution is -1.94. The molecule has 0 bridgehead atoms. The van der Waals surface area contributed by atoms with Crippen molar-refractivity contribution < 1.29 is 9.90 Å². The lowest BCUT2D eigenvalue weighted by molar-refractivity contribution is 0.0697. The smallest absolute Gasteiger partial charge is 0.335 e. The van der Waals surface area contributed by atoms with Crippen LogP contribution in [0.1, 0.15) is 21.5 Å². The molecule has 3 rings (SSSR count). The van der Waals surface area contributed by atoms with Gasteiger partial charge in [0.25, 0.3) is 0 Å². The third kappa shape index (κ3) is 4.11. The van der Waals surface area contributed by atoms with Crippen molar-refractivity contribution in [3.05, 3.63) is 93.5 Å². The summed E-state index contributed by atoms with van der Waals surface area (Å²) in [4.78, 5) is 10.9. The second-order valence-corrected chi connectivity index (χ2v) is 6.29. The first kappa shape index (κ1) is 17.3. The van der Waals surface area contributed by atoms with E-state index in [-0.39, 0.29) is 5.56 Å². The van der Waals surface area contributed by atoms with Crippen LogP contribution in [0.4, 0.5) is 0 Å². The summed E-state index contributed by atoms with van der Waals surface area (Å²) in [5.74, 6) is -0.930. The van der Waals surface area contributed by atoms with E-state index < -0.39 is 5.97 Å². The van der Waals surface area contributed by atoms with Crippen molar-refractivity contribution in [2.75, 3.05) is 0 Å². The van der Waals surface area contributed by atoms with Crippen molar-refractivity contribution in [3.63, 3.8) is 0 Å². The predicted molar refractivity (Wildman–Crippen MR) is 104 cm³/mol. The molecular weight excluding hydrogens is 355 g/mol. The fourth-order valence-electron chi connectivity index (χ4n) is 2.49. The van der Waals surface area contributed by atoms with E-state index in [2.05, 4.69) is 0 Å². The van der Waals surface area contributed by atoms with Gasteiger partial charge in [-0.1, -0.05) is 77.8 Å². The fourth-order valence-corrected chi connectivity index (χ4v) is 2.79. The van der Waals surface area contributed by atoms with Crippen LogP contribution in [0.5, 0.6) is 0 Å². The van der Waals surface area contributed by atoms with Crippen molar-refractivity contribution in [1.82, 2.24) is 0 Å². The molecule has 0 aromatic heterocycles. The average Bonchev–Trinajstić information content (AvgIpc) is 2.63. The summed E-state index contributed by atoms with van der Waals surface area (Å²) in [5, 5.41) is 9.99. The van der Waals surface area contributed by atoms with Crippen LogP contribution in [0.25, 0.3) is 23.3 Å². The maximum atomic E-state index is 10.9. The van der Waals surface area contributed by atoms with Gasteiger partial charge in [0.2, 0.25) is 0 Å². The van der Waals surface area contributed by atoms with Gasteiger partial charge in [0, 0.05) is 0 Å². The zero-order valence-corrected chi connectivity index (χ0v) is 14.6. The monoisotopic (exact) mass is 368 g/mol. The van der Waals surface area contributed by atoms with E-state index in [1.165, 1.54) is 0 Å². The number of hydrogen-bond donors (Lipinski definition) is 1. The van der Waals surface area contributed by atoms with Crippen LogP contribution in [0, 0.1) is 0 Å². The highest BCUT2D eigenvalue weighted by Crippen LogP contribution is 2.31. The third-order valence-corrected chi connectivity index (χ3v) is 4.54. The van der Waals surface area contributed by atoms with Gasteiger partial charge < -0.3 is 5.11 Å². The molecule has 0 fully saturated rings. The number of carboxylic acids is 1. The standard InChI is InChI=1S/C21H14Cl2O2/c22-19-12-11-17(13-20(19)23)18-4-2-1-3-15(18)8-5-14-6-9-16(10-7-14)21(24)25/h1-13H,(H,24,25)/b8-5+.